The van der Waals surface area contributed by atoms with Crippen molar-refractivity contribution in [1.29, 1.82) is 0 Å². The molecule has 28 heavy (non-hydrogen) atoms. The summed E-state index contributed by atoms with van der Waals surface area (Å²) < 4.78 is 0. The second-order valence-electron chi connectivity index (χ2n) is 8.75. The van der Waals surface area contributed by atoms with Crippen LogP contribution in [-0.4, -0.2) is 37.6 Å². The Morgan fingerprint density at radius 2 is 1.07 bits per heavy atom. The third kappa shape index (κ3) is 5.97. The SMILES string of the molecule is B(CCB[P@@]1CCC[C@@H]1Cc1ccccc1)[P@@]1CCC[C@@H]1Cc1ccccc1. The molecule has 0 aliphatic carbocycles. The van der Waals surface area contributed by atoms with Crippen LogP contribution in [0.4, 0.5) is 0 Å². The van der Waals surface area contributed by atoms with Gasteiger partial charge >= 0.3 is 0 Å². The maximum absolute atomic E-state index is 2.33. The minimum absolute atomic E-state index is 0.300. The van der Waals surface area contributed by atoms with Crippen LogP contribution in [0.3, 0.4) is 0 Å². The van der Waals surface area contributed by atoms with Crippen molar-refractivity contribution < 1.29 is 0 Å². The molecule has 2 aromatic rings. The molecule has 2 heterocycles. The van der Waals surface area contributed by atoms with Gasteiger partial charge in [0.05, 0.1) is 0 Å². The van der Waals surface area contributed by atoms with Crippen molar-refractivity contribution in [3.63, 3.8) is 0 Å². The van der Waals surface area contributed by atoms with Crippen LogP contribution in [0.2, 0.25) is 12.6 Å². The average Bonchev–Trinajstić information content (AvgIpc) is 3.36. The molecule has 2 aromatic carbocycles. The fourth-order valence-electron chi connectivity index (χ4n) is 5.24. The molecule has 0 radical (unpaired) electrons. The van der Waals surface area contributed by atoms with Crippen molar-refractivity contribution in [3.8, 4) is 0 Å². The summed E-state index contributed by atoms with van der Waals surface area (Å²) in [6.45, 7) is 3.11. The molecule has 0 saturated carbocycles. The van der Waals surface area contributed by atoms with Crippen molar-refractivity contribution in [2.45, 2.75) is 62.5 Å². The number of benzene rings is 2. The Morgan fingerprint density at radius 3 is 1.50 bits per heavy atom. The van der Waals surface area contributed by atoms with Gasteiger partial charge in [0.2, 0.25) is 0 Å². The van der Waals surface area contributed by atoms with E-state index in [1.54, 1.807) is 37.4 Å². The second kappa shape index (κ2) is 11.0. The third-order valence-electron chi connectivity index (χ3n) is 6.77. The Morgan fingerprint density at radius 1 is 0.643 bits per heavy atom. The van der Waals surface area contributed by atoms with E-state index in [4.69, 9.17) is 0 Å². The average molecular weight is 406 g/mol. The van der Waals surface area contributed by atoms with Crippen LogP contribution in [0.5, 0.6) is 0 Å². The third-order valence-corrected chi connectivity index (χ3v) is 13.3. The zero-order valence-electron chi connectivity index (χ0n) is 17.3. The molecule has 2 saturated heterocycles. The van der Waals surface area contributed by atoms with Crippen molar-refractivity contribution in [3.05, 3.63) is 71.8 Å². The molecule has 2 aliphatic rings. The summed E-state index contributed by atoms with van der Waals surface area (Å²) in [5.74, 6) is 0. The Hall–Kier alpha value is -0.570. The van der Waals surface area contributed by atoms with Crippen molar-refractivity contribution in [1.82, 2.24) is 0 Å². The van der Waals surface area contributed by atoms with Crippen molar-refractivity contribution in [2.24, 2.45) is 0 Å². The molecule has 0 aromatic heterocycles. The molecule has 2 aliphatic heterocycles. The molecule has 0 spiro atoms. The molecule has 2 fully saturated rings. The molecule has 0 bridgehead atoms. The lowest BCUT2D eigenvalue weighted by Crippen LogP contribution is -2.10. The van der Waals surface area contributed by atoms with Gasteiger partial charge in [-0.15, -0.1) is 15.6 Å². The van der Waals surface area contributed by atoms with Gasteiger partial charge in [-0.3, -0.25) is 0 Å². The smallest absolute Gasteiger partial charge is 0.141 e. The minimum Gasteiger partial charge on any atom is -0.141 e. The van der Waals surface area contributed by atoms with Gasteiger partial charge in [0, 0.05) is 0 Å². The van der Waals surface area contributed by atoms with E-state index in [0.717, 1.165) is 11.3 Å². The van der Waals surface area contributed by atoms with Crippen LogP contribution < -0.4 is 0 Å². The van der Waals surface area contributed by atoms with E-state index < -0.39 is 0 Å². The van der Waals surface area contributed by atoms with Crippen LogP contribution in [0.1, 0.15) is 36.8 Å². The van der Waals surface area contributed by atoms with E-state index in [2.05, 4.69) is 60.7 Å². The highest BCUT2D eigenvalue weighted by Gasteiger charge is 2.28. The minimum atomic E-state index is 0.300. The highest BCUT2D eigenvalue weighted by Crippen LogP contribution is 2.52. The molecule has 146 valence electrons. The highest BCUT2D eigenvalue weighted by molar-refractivity contribution is 7.87. The number of hydrogen-bond acceptors (Lipinski definition) is 0. The van der Waals surface area contributed by atoms with Gasteiger partial charge in [-0.25, -0.2) is 0 Å². The molecule has 0 amide bonds. The summed E-state index contributed by atoms with van der Waals surface area (Å²) in [5.41, 5.74) is 5.17. The van der Waals surface area contributed by atoms with E-state index in [9.17, 15) is 0 Å². The predicted molar refractivity (Wildman–Crippen MR) is 134 cm³/mol. The molecule has 0 nitrogen and oxygen atoms in total. The zero-order chi connectivity index (χ0) is 19.0. The Balaban J connectivity index is 1.18. The lowest BCUT2D eigenvalue weighted by Gasteiger charge is -2.22. The summed E-state index contributed by atoms with van der Waals surface area (Å²) in [7, 11) is 0.601. The number of rotatable bonds is 9. The van der Waals surface area contributed by atoms with Gasteiger partial charge < -0.3 is 0 Å². The van der Waals surface area contributed by atoms with Crippen molar-refractivity contribution >= 4 is 29.6 Å². The van der Waals surface area contributed by atoms with Gasteiger partial charge in [-0.1, -0.05) is 73.3 Å². The lowest BCUT2D eigenvalue weighted by atomic mass is 9.88. The topological polar surface area (TPSA) is 0 Å². The second-order valence-corrected chi connectivity index (χ2v) is 14.4. The van der Waals surface area contributed by atoms with Gasteiger partial charge in [0.25, 0.3) is 0 Å². The predicted octanol–water partition coefficient (Wildman–Crippen LogP) is 6.30. The van der Waals surface area contributed by atoms with Crippen LogP contribution in [0.15, 0.2) is 60.7 Å². The number of hydrogen-bond donors (Lipinski definition) is 0. The van der Waals surface area contributed by atoms with E-state index >= 15 is 0 Å². The lowest BCUT2D eigenvalue weighted by molar-refractivity contribution is 0.774. The van der Waals surface area contributed by atoms with Gasteiger partial charge in [0.15, 0.2) is 14.0 Å². The first-order valence-corrected chi connectivity index (χ1v) is 15.0. The molecule has 4 atom stereocenters. The summed E-state index contributed by atoms with van der Waals surface area (Å²) >= 11 is 0. The van der Waals surface area contributed by atoms with E-state index in [1.165, 1.54) is 51.2 Å². The first kappa shape index (κ1) is 20.7. The highest BCUT2D eigenvalue weighted by atomic mass is 31.1. The summed E-state index contributed by atoms with van der Waals surface area (Å²) in [6.07, 6.45) is 14.8. The van der Waals surface area contributed by atoms with Gasteiger partial charge in [-0.05, 0) is 73.3 Å². The van der Waals surface area contributed by atoms with E-state index in [-0.39, 0.29) is 0 Å². The van der Waals surface area contributed by atoms with Crippen LogP contribution in [-0.2, 0) is 12.8 Å². The Kier molecular flexibility index (Phi) is 8.12. The zero-order valence-corrected chi connectivity index (χ0v) is 19.1. The molecule has 0 N–H and O–H groups in total. The summed E-state index contributed by atoms with van der Waals surface area (Å²) in [5, 5.41) is 0. The molecular formula is C24H34B2P2. The van der Waals surface area contributed by atoms with Gasteiger partial charge in [-0.2, -0.15) is 0 Å². The monoisotopic (exact) mass is 406 g/mol. The fraction of sp³-hybridized carbons (Fsp3) is 0.500. The Bertz CT molecular complexity index is 633. The van der Waals surface area contributed by atoms with E-state index in [1.807, 2.05) is 0 Å². The quantitative estimate of drug-likeness (QED) is 0.261. The fourth-order valence-corrected chi connectivity index (χ4v) is 11.6. The van der Waals surface area contributed by atoms with Gasteiger partial charge in [0.1, 0.15) is 0 Å². The van der Waals surface area contributed by atoms with E-state index in [0.29, 0.717) is 15.6 Å². The first-order chi connectivity index (χ1) is 13.9. The maximum atomic E-state index is 2.33. The maximum Gasteiger partial charge on any atom is 0.152 e. The molecule has 4 rings (SSSR count). The summed E-state index contributed by atoms with van der Waals surface area (Å²) in [4.78, 5) is 0. The van der Waals surface area contributed by atoms with Crippen molar-refractivity contribution in [2.75, 3.05) is 12.3 Å². The van der Waals surface area contributed by atoms with Crippen LogP contribution in [0.25, 0.3) is 0 Å². The molecular weight excluding hydrogens is 372 g/mol. The largest absolute Gasteiger partial charge is 0.152 e. The van der Waals surface area contributed by atoms with Crippen LogP contribution in [0, 0.1) is 0 Å². The molecule has 4 heteroatoms. The van der Waals surface area contributed by atoms with Crippen LogP contribution >= 0.6 is 15.6 Å². The first-order valence-electron chi connectivity index (χ1n) is 11.4. The summed E-state index contributed by atoms with van der Waals surface area (Å²) in [6, 6.07) is 22.5. The standard InChI is InChI=1S/C24H34B2P2/c1-3-9-21(10-4-1)19-23-13-7-17-27(23)25-15-16-26-28-18-8-14-24(28)20-22-11-5-2-6-12-22/h1-6,9-12,23-26H,7-8,13-20H2/t23-,24-,27+,28+/m1/s1. The normalized spacial score (nSPS) is 27.0. The molecule has 0 unspecified atom stereocenters. The Labute approximate surface area is 176 Å².